The van der Waals surface area contributed by atoms with Crippen LogP contribution < -0.4 is 5.73 Å². The zero-order valence-corrected chi connectivity index (χ0v) is 11.4. The number of nitrogens with zero attached hydrogens (tertiary/aromatic N) is 2. The smallest absolute Gasteiger partial charge is 0.117 e. The number of nitrogens with two attached hydrogens (primary N) is 1. The maximum Gasteiger partial charge on any atom is 0.117 e. The lowest BCUT2D eigenvalue weighted by Crippen LogP contribution is -1.99. The molecular weight excluding hydrogens is 234 g/mol. The molecule has 3 heteroatoms. The molecule has 0 bridgehead atoms. The third-order valence-corrected chi connectivity index (χ3v) is 3.20. The van der Waals surface area contributed by atoms with Crippen LogP contribution in [0.4, 0.5) is 0 Å². The molecule has 0 aliphatic carbocycles. The summed E-state index contributed by atoms with van der Waals surface area (Å²) in [7, 11) is 0. The van der Waals surface area contributed by atoms with Crippen molar-refractivity contribution in [2.75, 3.05) is 0 Å². The molecule has 0 fully saturated rings. The van der Waals surface area contributed by atoms with E-state index >= 15 is 0 Å². The summed E-state index contributed by atoms with van der Waals surface area (Å²) in [4.78, 5) is 0. The maximum absolute atomic E-state index is 8.76. The number of hydrogen-bond acceptors (Lipinski definition) is 2. The minimum atomic E-state index is 0.226. The van der Waals surface area contributed by atoms with Gasteiger partial charge in [0.25, 0.3) is 0 Å². The van der Waals surface area contributed by atoms with E-state index in [1.54, 1.807) is 6.08 Å². The summed E-state index contributed by atoms with van der Waals surface area (Å²) in [5.41, 5.74) is 11.4. The third kappa shape index (κ3) is 2.53. The van der Waals surface area contributed by atoms with Gasteiger partial charge in [-0.2, -0.15) is 5.26 Å². The standard InChI is InChI=1S/C16H17N3/c1-11-4-6-16(7-5-11)19-12(2)8-14(13(19)3)9-15(18)10-17/h4-9H,18H2,1-3H3/b15-9+. The van der Waals surface area contributed by atoms with E-state index in [1.165, 1.54) is 5.56 Å². The first-order chi connectivity index (χ1) is 9.02. The molecule has 1 aromatic carbocycles. The van der Waals surface area contributed by atoms with Gasteiger partial charge in [-0.15, -0.1) is 0 Å². The van der Waals surface area contributed by atoms with Crippen LogP contribution in [-0.2, 0) is 0 Å². The van der Waals surface area contributed by atoms with Gasteiger partial charge in [0.15, 0.2) is 0 Å². The topological polar surface area (TPSA) is 54.7 Å². The summed E-state index contributed by atoms with van der Waals surface area (Å²) >= 11 is 0. The molecule has 3 nitrogen and oxygen atoms in total. The molecular formula is C16H17N3. The van der Waals surface area contributed by atoms with E-state index in [-0.39, 0.29) is 5.70 Å². The van der Waals surface area contributed by atoms with Crippen LogP contribution in [0.3, 0.4) is 0 Å². The van der Waals surface area contributed by atoms with Crippen molar-refractivity contribution in [3.63, 3.8) is 0 Å². The maximum atomic E-state index is 8.76. The minimum absolute atomic E-state index is 0.226. The van der Waals surface area contributed by atoms with Crippen LogP contribution in [-0.4, -0.2) is 4.57 Å². The molecule has 1 aromatic heterocycles. The van der Waals surface area contributed by atoms with Crippen molar-refractivity contribution in [1.29, 1.82) is 5.26 Å². The lowest BCUT2D eigenvalue weighted by atomic mass is 10.2. The zero-order chi connectivity index (χ0) is 14.0. The highest BCUT2D eigenvalue weighted by atomic mass is 15.0. The molecule has 0 aliphatic rings. The molecule has 0 amide bonds. The minimum Gasteiger partial charge on any atom is -0.390 e. The Labute approximate surface area is 113 Å². The van der Waals surface area contributed by atoms with Gasteiger partial charge in [0, 0.05) is 17.1 Å². The average molecular weight is 251 g/mol. The SMILES string of the molecule is Cc1ccc(-n2c(C)cc(/C=C(/N)C#N)c2C)cc1. The van der Waals surface area contributed by atoms with E-state index in [9.17, 15) is 0 Å². The summed E-state index contributed by atoms with van der Waals surface area (Å²) in [6.07, 6.45) is 1.72. The molecule has 0 spiro atoms. The number of benzene rings is 1. The Morgan fingerprint density at radius 2 is 1.84 bits per heavy atom. The summed E-state index contributed by atoms with van der Waals surface area (Å²) in [6, 6.07) is 12.4. The number of hydrogen-bond donors (Lipinski definition) is 1. The van der Waals surface area contributed by atoms with Crippen molar-refractivity contribution >= 4 is 6.08 Å². The predicted molar refractivity (Wildman–Crippen MR) is 77.8 cm³/mol. The molecule has 1 heterocycles. The van der Waals surface area contributed by atoms with Crippen molar-refractivity contribution in [2.24, 2.45) is 5.73 Å². The second kappa shape index (κ2) is 5.03. The van der Waals surface area contributed by atoms with Crippen molar-refractivity contribution in [2.45, 2.75) is 20.8 Å². The van der Waals surface area contributed by atoms with E-state index in [0.29, 0.717) is 0 Å². The van der Waals surface area contributed by atoms with Crippen molar-refractivity contribution < 1.29 is 0 Å². The summed E-state index contributed by atoms with van der Waals surface area (Å²) in [5, 5.41) is 8.76. The molecule has 2 rings (SSSR count). The molecule has 2 aromatic rings. The van der Waals surface area contributed by atoms with E-state index in [4.69, 9.17) is 11.0 Å². The van der Waals surface area contributed by atoms with Gasteiger partial charge in [0.1, 0.15) is 11.8 Å². The quantitative estimate of drug-likeness (QED) is 0.833. The van der Waals surface area contributed by atoms with Crippen LogP contribution in [0.2, 0.25) is 0 Å². The van der Waals surface area contributed by atoms with Crippen LogP contribution in [0.15, 0.2) is 36.0 Å². The molecule has 0 atom stereocenters. The fourth-order valence-electron chi connectivity index (χ4n) is 2.22. The highest BCUT2D eigenvalue weighted by molar-refractivity contribution is 5.60. The first-order valence-electron chi connectivity index (χ1n) is 6.16. The van der Waals surface area contributed by atoms with Gasteiger partial charge in [-0.25, -0.2) is 0 Å². The normalized spacial score (nSPS) is 11.4. The molecule has 0 unspecified atom stereocenters. The van der Waals surface area contributed by atoms with Gasteiger partial charge in [-0.1, -0.05) is 17.7 Å². The van der Waals surface area contributed by atoms with Crippen LogP contribution in [0.1, 0.15) is 22.5 Å². The molecule has 2 N–H and O–H groups in total. The number of nitriles is 1. The van der Waals surface area contributed by atoms with Crippen molar-refractivity contribution in [3.05, 3.63) is 58.5 Å². The van der Waals surface area contributed by atoms with Crippen LogP contribution in [0.25, 0.3) is 11.8 Å². The highest BCUT2D eigenvalue weighted by Gasteiger charge is 2.09. The van der Waals surface area contributed by atoms with Gasteiger partial charge in [0.2, 0.25) is 0 Å². The first kappa shape index (κ1) is 13.0. The fourth-order valence-corrected chi connectivity index (χ4v) is 2.22. The molecule has 0 saturated carbocycles. The Morgan fingerprint density at radius 3 is 2.42 bits per heavy atom. The Morgan fingerprint density at radius 1 is 1.21 bits per heavy atom. The summed E-state index contributed by atoms with van der Waals surface area (Å²) in [5.74, 6) is 0. The summed E-state index contributed by atoms with van der Waals surface area (Å²) in [6.45, 7) is 6.15. The predicted octanol–water partition coefficient (Wildman–Crippen LogP) is 3.23. The van der Waals surface area contributed by atoms with E-state index in [0.717, 1.165) is 22.6 Å². The second-order valence-corrected chi connectivity index (χ2v) is 4.71. The summed E-state index contributed by atoms with van der Waals surface area (Å²) < 4.78 is 2.16. The Kier molecular flexibility index (Phi) is 3.43. The van der Waals surface area contributed by atoms with Gasteiger partial charge in [-0.05, 0) is 50.6 Å². The molecule has 0 saturated heterocycles. The Bertz CT molecular complexity index is 667. The van der Waals surface area contributed by atoms with E-state index in [1.807, 2.05) is 26.0 Å². The number of aromatic nitrogens is 1. The van der Waals surface area contributed by atoms with Gasteiger partial charge in [-0.3, -0.25) is 0 Å². The van der Waals surface area contributed by atoms with Gasteiger partial charge >= 0.3 is 0 Å². The average Bonchev–Trinajstić information content (AvgIpc) is 2.66. The van der Waals surface area contributed by atoms with Gasteiger partial charge in [0.05, 0.1) is 0 Å². The lowest BCUT2D eigenvalue weighted by Gasteiger charge is -2.09. The van der Waals surface area contributed by atoms with E-state index < -0.39 is 0 Å². The third-order valence-electron chi connectivity index (χ3n) is 3.20. The number of rotatable bonds is 2. The molecule has 19 heavy (non-hydrogen) atoms. The number of aryl methyl sites for hydroxylation is 2. The van der Waals surface area contributed by atoms with Crippen molar-refractivity contribution in [1.82, 2.24) is 4.57 Å². The second-order valence-electron chi connectivity index (χ2n) is 4.71. The highest BCUT2D eigenvalue weighted by Crippen LogP contribution is 2.22. The molecule has 96 valence electrons. The fraction of sp³-hybridized carbons (Fsp3) is 0.188. The van der Waals surface area contributed by atoms with Crippen LogP contribution in [0, 0.1) is 32.1 Å². The van der Waals surface area contributed by atoms with Crippen LogP contribution in [0.5, 0.6) is 0 Å². The van der Waals surface area contributed by atoms with Gasteiger partial charge < -0.3 is 10.3 Å². The van der Waals surface area contributed by atoms with Crippen LogP contribution >= 0.6 is 0 Å². The number of allylic oxidation sites excluding steroid dienone is 1. The largest absolute Gasteiger partial charge is 0.390 e. The lowest BCUT2D eigenvalue weighted by molar-refractivity contribution is 0.963. The monoisotopic (exact) mass is 251 g/mol. The molecule has 0 aliphatic heterocycles. The first-order valence-corrected chi connectivity index (χ1v) is 6.16. The van der Waals surface area contributed by atoms with Crippen molar-refractivity contribution in [3.8, 4) is 11.8 Å². The Hall–Kier alpha value is -2.47. The molecule has 0 radical (unpaired) electrons. The zero-order valence-electron chi connectivity index (χ0n) is 11.4. The van der Waals surface area contributed by atoms with E-state index in [2.05, 4.69) is 35.8 Å². The Balaban J connectivity index is 2.54.